The zero-order valence-electron chi connectivity index (χ0n) is 17.2. The van der Waals surface area contributed by atoms with Gasteiger partial charge in [-0.05, 0) is 24.6 Å². The van der Waals surface area contributed by atoms with Gasteiger partial charge in [0.05, 0.1) is 16.8 Å². The fourth-order valence-electron chi connectivity index (χ4n) is 3.98. The van der Waals surface area contributed by atoms with E-state index in [1.807, 2.05) is 6.92 Å². The number of anilines is 2. The van der Waals surface area contributed by atoms with E-state index >= 15 is 0 Å². The summed E-state index contributed by atoms with van der Waals surface area (Å²) in [5.41, 5.74) is -2.25. The molecular weight excluding hydrogens is 456 g/mol. The molecule has 2 aliphatic heterocycles. The lowest BCUT2D eigenvalue weighted by atomic mass is 9.98. The molecule has 178 valence electrons. The van der Waals surface area contributed by atoms with Crippen LogP contribution in [0.2, 0.25) is 0 Å². The summed E-state index contributed by atoms with van der Waals surface area (Å²) in [5, 5.41) is 5.23. The number of amides is 1. The Labute approximate surface area is 184 Å². The quantitative estimate of drug-likeness (QED) is 0.636. The number of carbonyl (C=O) groups is 1. The van der Waals surface area contributed by atoms with Crippen LogP contribution in [-0.4, -0.2) is 47.9 Å². The third-order valence-corrected chi connectivity index (χ3v) is 5.53. The third kappa shape index (κ3) is 4.54. The van der Waals surface area contributed by atoms with E-state index in [-0.39, 0.29) is 23.1 Å². The number of ether oxygens (including phenoxy) is 1. The van der Waals surface area contributed by atoms with Crippen molar-refractivity contribution >= 4 is 17.7 Å². The van der Waals surface area contributed by atoms with E-state index in [0.29, 0.717) is 32.1 Å². The van der Waals surface area contributed by atoms with E-state index in [1.54, 1.807) is 4.90 Å². The molecule has 0 bridgehead atoms. The summed E-state index contributed by atoms with van der Waals surface area (Å²) in [5.74, 6) is -0.441. The fraction of sp³-hybridized carbons (Fsp3) is 0.450. The van der Waals surface area contributed by atoms with Crippen LogP contribution >= 0.6 is 0 Å². The number of cyclic esters (lactones) is 1. The number of aromatic nitrogens is 2. The molecular formula is C20H19F6N5O2. The highest BCUT2D eigenvalue weighted by Crippen LogP contribution is 2.46. The zero-order valence-corrected chi connectivity index (χ0v) is 17.2. The van der Waals surface area contributed by atoms with Gasteiger partial charge in [0.15, 0.2) is 0 Å². The minimum atomic E-state index is -5.01. The molecule has 0 aliphatic carbocycles. The van der Waals surface area contributed by atoms with Crippen LogP contribution in [0.25, 0.3) is 11.3 Å². The Bertz CT molecular complexity index is 1060. The Morgan fingerprint density at radius 1 is 1.21 bits per heavy atom. The molecule has 0 spiro atoms. The van der Waals surface area contributed by atoms with Crippen LogP contribution in [0.4, 0.5) is 42.8 Å². The summed E-state index contributed by atoms with van der Waals surface area (Å²) in [6.07, 6.45) is -12.1. The van der Waals surface area contributed by atoms with Gasteiger partial charge >= 0.3 is 18.4 Å². The topological polar surface area (TPSA) is 79.4 Å². The lowest BCUT2D eigenvalue weighted by Gasteiger charge is -2.37. The van der Waals surface area contributed by atoms with Gasteiger partial charge < -0.3 is 15.0 Å². The molecule has 0 saturated carbocycles. The second-order valence-corrected chi connectivity index (χ2v) is 7.63. The van der Waals surface area contributed by atoms with Gasteiger partial charge in [-0.15, -0.1) is 0 Å². The summed E-state index contributed by atoms with van der Waals surface area (Å²) >= 11 is 0. The largest absolute Gasteiger partial charge is 0.431 e. The predicted octanol–water partition coefficient (Wildman–Crippen LogP) is 4.52. The number of pyridine rings is 2. The van der Waals surface area contributed by atoms with Crippen molar-refractivity contribution < 1.29 is 35.9 Å². The molecule has 0 aromatic carbocycles. The standard InChI is InChI=1S/C20H19F6N5O2/c1-2-11-9-27-5-6-31(11)14-8-10(19(21,22)23)7-13(29-14)12-3-4-28-17-15(12)16(20(24,25)26)33-18(32)30-17/h3-4,7-8,11,16,27H,2,5-6,9H2,1H3,(H,28,30,32)/t11-,16?/m1/s1. The Morgan fingerprint density at radius 3 is 2.64 bits per heavy atom. The molecule has 2 aromatic heterocycles. The number of fused-ring (bicyclic) bond motifs is 1. The summed E-state index contributed by atoms with van der Waals surface area (Å²) in [6.45, 7) is 3.31. The number of rotatable bonds is 3. The molecule has 1 fully saturated rings. The summed E-state index contributed by atoms with van der Waals surface area (Å²) in [7, 11) is 0. The van der Waals surface area contributed by atoms with Gasteiger partial charge in [-0.3, -0.25) is 5.32 Å². The SMILES string of the molecule is CC[C@@H]1CNCCN1c1cc(C(F)(F)F)cc(-c2ccnc3c2C(C(F)(F)F)OC(=O)N3)n1. The second-order valence-electron chi connectivity index (χ2n) is 7.63. The van der Waals surface area contributed by atoms with E-state index in [1.165, 1.54) is 0 Å². The van der Waals surface area contributed by atoms with Crippen molar-refractivity contribution in [1.82, 2.24) is 15.3 Å². The molecule has 4 rings (SSSR count). The molecule has 1 unspecified atom stereocenters. The first-order chi connectivity index (χ1) is 15.5. The average Bonchev–Trinajstić information content (AvgIpc) is 2.76. The minimum absolute atomic E-state index is 0.00283. The van der Waals surface area contributed by atoms with Crippen molar-refractivity contribution in [2.75, 3.05) is 29.9 Å². The van der Waals surface area contributed by atoms with Gasteiger partial charge in [-0.1, -0.05) is 6.92 Å². The first kappa shape index (κ1) is 23.1. The third-order valence-electron chi connectivity index (χ3n) is 5.53. The Balaban J connectivity index is 1.91. The van der Waals surface area contributed by atoms with Crippen LogP contribution < -0.4 is 15.5 Å². The highest BCUT2D eigenvalue weighted by Gasteiger charge is 2.49. The highest BCUT2D eigenvalue weighted by atomic mass is 19.4. The van der Waals surface area contributed by atoms with Gasteiger partial charge in [0, 0.05) is 37.4 Å². The van der Waals surface area contributed by atoms with Crippen molar-refractivity contribution in [2.45, 2.75) is 37.8 Å². The average molecular weight is 475 g/mol. The number of carbonyl (C=O) groups excluding carboxylic acids is 1. The molecule has 2 N–H and O–H groups in total. The first-order valence-corrected chi connectivity index (χ1v) is 10.1. The maximum atomic E-state index is 13.7. The smallest absolute Gasteiger partial charge is 0.430 e. The number of piperazine rings is 1. The molecule has 2 aliphatic rings. The van der Waals surface area contributed by atoms with Crippen molar-refractivity contribution in [2.24, 2.45) is 0 Å². The van der Waals surface area contributed by atoms with Crippen molar-refractivity contribution in [1.29, 1.82) is 0 Å². The first-order valence-electron chi connectivity index (χ1n) is 10.1. The van der Waals surface area contributed by atoms with Crippen molar-refractivity contribution in [3.8, 4) is 11.3 Å². The van der Waals surface area contributed by atoms with Crippen LogP contribution in [-0.2, 0) is 10.9 Å². The molecule has 7 nitrogen and oxygen atoms in total. The van der Waals surface area contributed by atoms with Crippen molar-refractivity contribution in [3.63, 3.8) is 0 Å². The van der Waals surface area contributed by atoms with E-state index < -0.39 is 41.5 Å². The van der Waals surface area contributed by atoms with E-state index in [9.17, 15) is 31.1 Å². The fourth-order valence-corrected chi connectivity index (χ4v) is 3.98. The molecule has 1 amide bonds. The van der Waals surface area contributed by atoms with Gasteiger partial charge in [-0.25, -0.2) is 14.8 Å². The summed E-state index contributed by atoms with van der Waals surface area (Å²) in [4.78, 5) is 21.4. The Morgan fingerprint density at radius 2 is 1.97 bits per heavy atom. The second kappa shape index (κ2) is 8.36. The van der Waals surface area contributed by atoms with E-state index in [0.717, 1.165) is 18.3 Å². The molecule has 1 saturated heterocycles. The number of hydrogen-bond acceptors (Lipinski definition) is 6. The molecule has 33 heavy (non-hydrogen) atoms. The van der Waals surface area contributed by atoms with Gasteiger partial charge in [-0.2, -0.15) is 26.3 Å². The molecule has 2 atom stereocenters. The predicted molar refractivity (Wildman–Crippen MR) is 106 cm³/mol. The zero-order chi connectivity index (χ0) is 24.0. The van der Waals surface area contributed by atoms with Crippen LogP contribution in [0.1, 0.15) is 30.6 Å². The van der Waals surface area contributed by atoms with Crippen LogP contribution in [0.3, 0.4) is 0 Å². The maximum Gasteiger partial charge on any atom is 0.430 e. The molecule has 4 heterocycles. The van der Waals surface area contributed by atoms with Crippen LogP contribution in [0.5, 0.6) is 0 Å². The Kier molecular flexibility index (Phi) is 5.85. The van der Waals surface area contributed by atoms with E-state index in [4.69, 9.17) is 0 Å². The molecule has 13 heteroatoms. The minimum Gasteiger partial charge on any atom is -0.431 e. The number of hydrogen-bond donors (Lipinski definition) is 2. The van der Waals surface area contributed by atoms with Gasteiger partial charge in [0.1, 0.15) is 11.6 Å². The summed E-state index contributed by atoms with van der Waals surface area (Å²) in [6, 6.07) is 2.57. The van der Waals surface area contributed by atoms with Crippen molar-refractivity contribution in [3.05, 3.63) is 35.5 Å². The number of nitrogens with zero attached hydrogens (tertiary/aromatic N) is 3. The monoisotopic (exact) mass is 475 g/mol. The Hall–Kier alpha value is -3.09. The number of halogens is 6. The normalized spacial score (nSPS) is 21.3. The van der Waals surface area contributed by atoms with Crippen LogP contribution in [0.15, 0.2) is 24.4 Å². The molecule has 0 radical (unpaired) electrons. The number of alkyl halides is 6. The van der Waals surface area contributed by atoms with Crippen LogP contribution in [0, 0.1) is 0 Å². The lowest BCUT2D eigenvalue weighted by molar-refractivity contribution is -0.206. The van der Waals surface area contributed by atoms with Gasteiger partial charge in [0.2, 0.25) is 6.10 Å². The molecule has 2 aromatic rings. The summed E-state index contributed by atoms with van der Waals surface area (Å²) < 4.78 is 86.7. The highest BCUT2D eigenvalue weighted by molar-refractivity contribution is 5.89. The van der Waals surface area contributed by atoms with Gasteiger partial charge in [0.25, 0.3) is 0 Å². The lowest BCUT2D eigenvalue weighted by Crippen LogP contribution is -2.51. The number of nitrogens with one attached hydrogen (secondary N) is 2. The van der Waals surface area contributed by atoms with E-state index in [2.05, 4.69) is 25.3 Å². The maximum absolute atomic E-state index is 13.7.